The van der Waals surface area contributed by atoms with Crippen LogP contribution in [-0.2, 0) is 4.79 Å². The third-order valence-electron chi connectivity index (χ3n) is 3.29. The van der Waals surface area contributed by atoms with Gasteiger partial charge in [-0.05, 0) is 37.0 Å². The Bertz CT molecular complexity index is 257. The van der Waals surface area contributed by atoms with Gasteiger partial charge in [0.1, 0.15) is 0 Å². The van der Waals surface area contributed by atoms with Crippen LogP contribution in [-0.4, -0.2) is 52.9 Å². The highest BCUT2D eigenvalue weighted by Gasteiger charge is 2.25. The van der Waals surface area contributed by atoms with E-state index >= 15 is 0 Å². The Balaban J connectivity index is 0.00000324. The predicted molar refractivity (Wildman–Crippen MR) is 90.6 cm³/mol. The molecular weight excluding hydrogens is 300 g/mol. The van der Waals surface area contributed by atoms with Gasteiger partial charge in [0.15, 0.2) is 0 Å². The summed E-state index contributed by atoms with van der Waals surface area (Å²) in [6.45, 7) is 3.98. The second-order valence-corrected chi connectivity index (χ2v) is 7.31. The minimum Gasteiger partial charge on any atom is -0.340 e. The molecule has 1 rings (SSSR count). The fourth-order valence-corrected chi connectivity index (χ4v) is 3.86. The summed E-state index contributed by atoms with van der Waals surface area (Å²) in [4.78, 5) is 14.3. The van der Waals surface area contributed by atoms with E-state index in [0.29, 0.717) is 5.25 Å². The van der Waals surface area contributed by atoms with E-state index in [2.05, 4.69) is 13.2 Å². The van der Waals surface area contributed by atoms with Gasteiger partial charge in [0.25, 0.3) is 0 Å². The van der Waals surface area contributed by atoms with Crippen LogP contribution >= 0.6 is 35.9 Å². The van der Waals surface area contributed by atoms with Crippen LogP contribution in [0.5, 0.6) is 0 Å². The number of amides is 1. The SMILES string of the molecule is CCSC1CCCCN(C(=O)[C@@H](N)CCSC)C1.Cl. The van der Waals surface area contributed by atoms with Crippen molar-refractivity contribution in [1.29, 1.82) is 0 Å². The summed E-state index contributed by atoms with van der Waals surface area (Å²) < 4.78 is 0. The van der Waals surface area contributed by atoms with Gasteiger partial charge in [-0.25, -0.2) is 0 Å². The van der Waals surface area contributed by atoms with Crippen molar-refractivity contribution in [2.75, 3.05) is 30.9 Å². The summed E-state index contributed by atoms with van der Waals surface area (Å²) in [5.74, 6) is 2.26. The number of carbonyl (C=O) groups excluding carboxylic acids is 1. The van der Waals surface area contributed by atoms with Crippen LogP contribution in [0.3, 0.4) is 0 Å². The van der Waals surface area contributed by atoms with Crippen LogP contribution in [0.2, 0.25) is 0 Å². The lowest BCUT2D eigenvalue weighted by atomic mass is 10.2. The zero-order valence-corrected chi connectivity index (χ0v) is 14.4. The van der Waals surface area contributed by atoms with Gasteiger partial charge in [0, 0.05) is 18.3 Å². The van der Waals surface area contributed by atoms with Crippen molar-refractivity contribution in [1.82, 2.24) is 4.90 Å². The van der Waals surface area contributed by atoms with Crippen molar-refractivity contribution >= 4 is 41.8 Å². The first kappa shape index (κ1) is 19.4. The highest BCUT2D eigenvalue weighted by molar-refractivity contribution is 7.99. The van der Waals surface area contributed by atoms with E-state index in [1.165, 1.54) is 12.8 Å². The summed E-state index contributed by atoms with van der Waals surface area (Å²) in [6, 6.07) is -0.303. The third kappa shape index (κ3) is 7.11. The molecule has 114 valence electrons. The zero-order valence-electron chi connectivity index (χ0n) is 12.0. The standard InChI is InChI=1S/C13H26N2OS2.ClH/c1-3-18-11-6-4-5-8-15(10-11)13(16)12(14)7-9-17-2;/h11-12H,3-10,14H2,1-2H3;1H/t11?,12-;/m0./s1. The topological polar surface area (TPSA) is 46.3 Å². The Hall–Kier alpha value is 0.420. The molecule has 19 heavy (non-hydrogen) atoms. The Kier molecular flexibility index (Phi) is 11.4. The average Bonchev–Trinajstić information content (AvgIpc) is 2.61. The molecule has 2 atom stereocenters. The van der Waals surface area contributed by atoms with Gasteiger partial charge < -0.3 is 10.6 Å². The molecule has 1 unspecified atom stereocenters. The monoisotopic (exact) mass is 326 g/mol. The Morgan fingerprint density at radius 3 is 2.84 bits per heavy atom. The van der Waals surface area contributed by atoms with Crippen LogP contribution < -0.4 is 5.73 Å². The summed E-state index contributed by atoms with van der Waals surface area (Å²) in [7, 11) is 0. The smallest absolute Gasteiger partial charge is 0.239 e. The Labute approximate surface area is 132 Å². The average molecular weight is 327 g/mol. The molecule has 0 aliphatic carbocycles. The molecular formula is C13H27ClN2OS2. The number of hydrogen-bond donors (Lipinski definition) is 1. The molecule has 0 aromatic heterocycles. The van der Waals surface area contributed by atoms with E-state index in [1.54, 1.807) is 11.8 Å². The molecule has 0 spiro atoms. The van der Waals surface area contributed by atoms with Crippen LogP contribution in [0.4, 0.5) is 0 Å². The number of halogens is 1. The maximum Gasteiger partial charge on any atom is 0.239 e. The number of likely N-dealkylation sites (tertiary alicyclic amines) is 1. The zero-order chi connectivity index (χ0) is 13.4. The molecule has 0 radical (unpaired) electrons. The lowest BCUT2D eigenvalue weighted by molar-refractivity contribution is -0.132. The maximum atomic E-state index is 12.3. The first-order valence-electron chi connectivity index (χ1n) is 6.84. The van der Waals surface area contributed by atoms with Crippen molar-refractivity contribution < 1.29 is 4.79 Å². The predicted octanol–water partition coefficient (Wildman–Crippen LogP) is 2.62. The van der Waals surface area contributed by atoms with Gasteiger partial charge in [0.05, 0.1) is 6.04 Å². The molecule has 0 aromatic carbocycles. The molecule has 0 saturated carbocycles. The fraction of sp³-hybridized carbons (Fsp3) is 0.923. The van der Waals surface area contributed by atoms with Crippen LogP contribution in [0, 0.1) is 0 Å². The lowest BCUT2D eigenvalue weighted by Crippen LogP contribution is -2.46. The molecule has 1 heterocycles. The van der Waals surface area contributed by atoms with Gasteiger partial charge in [-0.2, -0.15) is 23.5 Å². The molecule has 1 saturated heterocycles. The van der Waals surface area contributed by atoms with E-state index in [9.17, 15) is 4.79 Å². The number of carbonyl (C=O) groups is 1. The summed E-state index contributed by atoms with van der Waals surface area (Å²) in [6.07, 6.45) is 6.45. The van der Waals surface area contributed by atoms with Crippen molar-refractivity contribution in [3.8, 4) is 0 Å². The summed E-state index contributed by atoms with van der Waals surface area (Å²) >= 11 is 3.73. The first-order chi connectivity index (χ1) is 8.69. The minimum atomic E-state index is -0.303. The van der Waals surface area contributed by atoms with Gasteiger partial charge >= 0.3 is 0 Å². The van der Waals surface area contributed by atoms with Crippen molar-refractivity contribution in [3.63, 3.8) is 0 Å². The van der Waals surface area contributed by atoms with Crippen molar-refractivity contribution in [2.24, 2.45) is 5.73 Å². The summed E-state index contributed by atoms with van der Waals surface area (Å²) in [5, 5.41) is 0.606. The van der Waals surface area contributed by atoms with E-state index in [-0.39, 0.29) is 24.4 Å². The van der Waals surface area contributed by atoms with Crippen LogP contribution in [0.15, 0.2) is 0 Å². The number of rotatable bonds is 6. The Morgan fingerprint density at radius 1 is 1.47 bits per heavy atom. The van der Waals surface area contributed by atoms with E-state index in [4.69, 9.17) is 5.73 Å². The second-order valence-electron chi connectivity index (χ2n) is 4.75. The fourth-order valence-electron chi connectivity index (χ4n) is 2.28. The molecule has 1 aliphatic rings. The first-order valence-corrected chi connectivity index (χ1v) is 9.28. The minimum absolute atomic E-state index is 0. The van der Waals surface area contributed by atoms with Gasteiger partial charge in [-0.15, -0.1) is 12.4 Å². The lowest BCUT2D eigenvalue weighted by Gasteiger charge is -2.26. The van der Waals surface area contributed by atoms with Gasteiger partial charge in [0.2, 0.25) is 5.91 Å². The third-order valence-corrected chi connectivity index (χ3v) is 5.13. The molecule has 1 fully saturated rings. The van der Waals surface area contributed by atoms with Crippen molar-refractivity contribution in [2.45, 2.75) is 43.9 Å². The number of nitrogens with zero attached hydrogens (tertiary/aromatic N) is 1. The molecule has 1 aliphatic heterocycles. The van der Waals surface area contributed by atoms with Crippen LogP contribution in [0.1, 0.15) is 32.6 Å². The molecule has 0 bridgehead atoms. The number of thioether (sulfide) groups is 2. The largest absolute Gasteiger partial charge is 0.340 e. The summed E-state index contributed by atoms with van der Waals surface area (Å²) in [5.41, 5.74) is 5.99. The normalized spacial score (nSPS) is 21.4. The molecule has 1 amide bonds. The highest BCUT2D eigenvalue weighted by atomic mass is 35.5. The highest BCUT2D eigenvalue weighted by Crippen LogP contribution is 2.22. The second kappa shape index (κ2) is 11.1. The quantitative estimate of drug-likeness (QED) is 0.815. The number of hydrogen-bond acceptors (Lipinski definition) is 4. The van der Waals surface area contributed by atoms with Gasteiger partial charge in [-0.1, -0.05) is 13.3 Å². The molecule has 0 aromatic rings. The Morgan fingerprint density at radius 2 is 2.21 bits per heavy atom. The molecule has 6 heteroatoms. The van der Waals surface area contributed by atoms with E-state index in [1.807, 2.05) is 16.7 Å². The van der Waals surface area contributed by atoms with Crippen molar-refractivity contribution in [3.05, 3.63) is 0 Å². The van der Waals surface area contributed by atoms with E-state index < -0.39 is 0 Å². The number of nitrogens with two attached hydrogens (primary N) is 1. The molecule has 3 nitrogen and oxygen atoms in total. The molecule has 2 N–H and O–H groups in total. The van der Waals surface area contributed by atoms with Gasteiger partial charge in [-0.3, -0.25) is 4.79 Å². The van der Waals surface area contributed by atoms with E-state index in [0.717, 1.165) is 37.4 Å². The maximum absolute atomic E-state index is 12.3. The van der Waals surface area contributed by atoms with Crippen LogP contribution in [0.25, 0.3) is 0 Å².